The standard InChI is InChI=1S/C13H14N2OS/c1-10(16)11-8-14-13(17-2)15(9-11)12-6-4-3-5-7-12/h3-8H,9H2,1-2H3. The molecular weight excluding hydrogens is 232 g/mol. The van der Waals surface area contributed by atoms with E-state index in [4.69, 9.17) is 0 Å². The van der Waals surface area contributed by atoms with Crippen molar-refractivity contribution in [1.82, 2.24) is 0 Å². The lowest BCUT2D eigenvalue weighted by Gasteiger charge is -2.27. The van der Waals surface area contributed by atoms with E-state index in [-0.39, 0.29) is 5.78 Å². The summed E-state index contributed by atoms with van der Waals surface area (Å²) in [6, 6.07) is 9.99. The molecule has 1 heterocycles. The predicted molar refractivity (Wildman–Crippen MR) is 73.5 cm³/mol. The average Bonchev–Trinajstić information content (AvgIpc) is 2.39. The number of Topliss-reactive ketones (excluding diaryl/α,β-unsaturated/α-hetero) is 1. The smallest absolute Gasteiger partial charge is 0.168 e. The third kappa shape index (κ3) is 2.58. The average molecular weight is 246 g/mol. The first kappa shape index (κ1) is 11.9. The van der Waals surface area contributed by atoms with Crippen LogP contribution in [-0.4, -0.2) is 23.8 Å². The zero-order chi connectivity index (χ0) is 12.3. The first-order valence-corrected chi connectivity index (χ1v) is 6.59. The molecule has 1 aliphatic heterocycles. The van der Waals surface area contributed by atoms with Gasteiger partial charge in [-0.25, -0.2) is 4.99 Å². The molecule has 88 valence electrons. The number of anilines is 1. The summed E-state index contributed by atoms with van der Waals surface area (Å²) < 4.78 is 0. The highest BCUT2D eigenvalue weighted by Gasteiger charge is 2.19. The highest BCUT2D eigenvalue weighted by Crippen LogP contribution is 2.22. The number of ketones is 1. The summed E-state index contributed by atoms with van der Waals surface area (Å²) in [7, 11) is 0. The summed E-state index contributed by atoms with van der Waals surface area (Å²) in [6.45, 7) is 2.17. The number of hydrogen-bond acceptors (Lipinski definition) is 4. The molecule has 2 rings (SSSR count). The molecule has 0 fully saturated rings. The van der Waals surface area contributed by atoms with E-state index in [1.165, 1.54) is 0 Å². The van der Waals surface area contributed by atoms with E-state index < -0.39 is 0 Å². The quantitative estimate of drug-likeness (QED) is 0.804. The summed E-state index contributed by atoms with van der Waals surface area (Å²) in [4.78, 5) is 17.8. The van der Waals surface area contributed by atoms with Gasteiger partial charge in [-0.3, -0.25) is 4.79 Å². The van der Waals surface area contributed by atoms with Crippen LogP contribution in [0.4, 0.5) is 5.69 Å². The van der Waals surface area contributed by atoms with Crippen molar-refractivity contribution in [1.29, 1.82) is 0 Å². The molecule has 0 aliphatic carbocycles. The Morgan fingerprint density at radius 1 is 1.35 bits per heavy atom. The lowest BCUT2D eigenvalue weighted by atomic mass is 10.1. The summed E-state index contributed by atoms with van der Waals surface area (Å²) >= 11 is 1.58. The number of amidine groups is 1. The van der Waals surface area contributed by atoms with Crippen LogP contribution in [-0.2, 0) is 4.79 Å². The largest absolute Gasteiger partial charge is 0.316 e. The van der Waals surface area contributed by atoms with Crippen molar-refractivity contribution >= 4 is 28.4 Å². The fourth-order valence-electron chi connectivity index (χ4n) is 1.66. The highest BCUT2D eigenvalue weighted by atomic mass is 32.2. The molecule has 1 aromatic rings. The van der Waals surface area contributed by atoms with Gasteiger partial charge in [-0.1, -0.05) is 30.0 Å². The fraction of sp³-hybridized carbons (Fsp3) is 0.231. The van der Waals surface area contributed by atoms with Gasteiger partial charge in [-0.15, -0.1) is 0 Å². The molecule has 0 N–H and O–H groups in total. The van der Waals surface area contributed by atoms with Gasteiger partial charge in [0, 0.05) is 17.5 Å². The number of nitrogens with zero attached hydrogens (tertiary/aromatic N) is 2. The normalized spacial score (nSPS) is 15.3. The van der Waals surface area contributed by atoms with Gasteiger partial charge < -0.3 is 4.90 Å². The Morgan fingerprint density at radius 2 is 2.06 bits per heavy atom. The molecule has 0 aromatic heterocycles. The first-order valence-electron chi connectivity index (χ1n) is 5.36. The monoisotopic (exact) mass is 246 g/mol. The van der Waals surface area contributed by atoms with Gasteiger partial charge in [-0.2, -0.15) is 0 Å². The zero-order valence-electron chi connectivity index (χ0n) is 9.88. The summed E-state index contributed by atoms with van der Waals surface area (Å²) in [5, 5.41) is 0.918. The number of aliphatic imine (C=N–C) groups is 1. The van der Waals surface area contributed by atoms with Gasteiger partial charge >= 0.3 is 0 Å². The number of para-hydroxylation sites is 1. The number of hydrogen-bond donors (Lipinski definition) is 0. The van der Waals surface area contributed by atoms with E-state index >= 15 is 0 Å². The highest BCUT2D eigenvalue weighted by molar-refractivity contribution is 8.13. The van der Waals surface area contributed by atoms with E-state index in [2.05, 4.69) is 9.89 Å². The molecule has 1 aromatic carbocycles. The summed E-state index contributed by atoms with van der Waals surface area (Å²) in [5.74, 6) is 0.0786. The molecule has 0 radical (unpaired) electrons. The van der Waals surface area contributed by atoms with Crippen molar-refractivity contribution in [3.8, 4) is 0 Å². The summed E-state index contributed by atoms with van der Waals surface area (Å²) in [5.41, 5.74) is 1.80. The van der Waals surface area contributed by atoms with Gasteiger partial charge in [0.15, 0.2) is 11.0 Å². The minimum Gasteiger partial charge on any atom is -0.316 e. The second-order valence-corrected chi connectivity index (χ2v) is 4.52. The molecule has 4 heteroatoms. The molecule has 17 heavy (non-hydrogen) atoms. The van der Waals surface area contributed by atoms with Crippen LogP contribution in [0.25, 0.3) is 0 Å². The van der Waals surface area contributed by atoms with E-state index in [0.717, 1.165) is 16.4 Å². The maximum atomic E-state index is 11.4. The van der Waals surface area contributed by atoms with Crippen molar-refractivity contribution in [2.75, 3.05) is 17.7 Å². The minimum atomic E-state index is 0.0786. The van der Waals surface area contributed by atoms with Crippen molar-refractivity contribution in [2.45, 2.75) is 6.92 Å². The second kappa shape index (κ2) is 5.19. The predicted octanol–water partition coefficient (Wildman–Crippen LogP) is 2.70. The molecule has 0 bridgehead atoms. The van der Waals surface area contributed by atoms with Gasteiger partial charge in [-0.05, 0) is 25.3 Å². The Labute approximate surface area is 105 Å². The second-order valence-electron chi connectivity index (χ2n) is 3.75. The van der Waals surface area contributed by atoms with Crippen LogP contribution in [0.2, 0.25) is 0 Å². The Balaban J connectivity index is 2.33. The Bertz CT molecular complexity index is 479. The lowest BCUT2D eigenvalue weighted by molar-refractivity contribution is -0.113. The van der Waals surface area contributed by atoms with Crippen LogP contribution in [0, 0.1) is 0 Å². The number of thioether (sulfide) groups is 1. The molecular formula is C13H14N2OS. The maximum Gasteiger partial charge on any atom is 0.168 e. The molecule has 1 aliphatic rings. The van der Waals surface area contributed by atoms with Gasteiger partial charge in [0.25, 0.3) is 0 Å². The fourth-order valence-corrected chi connectivity index (χ4v) is 2.20. The number of rotatable bonds is 2. The summed E-state index contributed by atoms with van der Waals surface area (Å²) in [6.07, 6.45) is 3.66. The van der Waals surface area contributed by atoms with Crippen molar-refractivity contribution in [2.24, 2.45) is 4.99 Å². The zero-order valence-corrected chi connectivity index (χ0v) is 10.7. The van der Waals surface area contributed by atoms with Gasteiger partial charge in [0.2, 0.25) is 0 Å². The lowest BCUT2D eigenvalue weighted by Crippen LogP contribution is -2.34. The van der Waals surface area contributed by atoms with Crippen LogP contribution < -0.4 is 4.90 Å². The van der Waals surface area contributed by atoms with E-state index in [9.17, 15) is 4.79 Å². The number of carbonyl (C=O) groups is 1. The molecule has 0 unspecified atom stereocenters. The van der Waals surface area contributed by atoms with Crippen LogP contribution >= 0.6 is 11.8 Å². The van der Waals surface area contributed by atoms with Crippen LogP contribution in [0.5, 0.6) is 0 Å². The first-order chi connectivity index (χ1) is 8.22. The van der Waals surface area contributed by atoms with Crippen molar-refractivity contribution in [3.05, 3.63) is 42.1 Å². The minimum absolute atomic E-state index is 0.0786. The topological polar surface area (TPSA) is 32.7 Å². The van der Waals surface area contributed by atoms with Gasteiger partial charge in [0.1, 0.15) is 0 Å². The molecule has 0 atom stereocenters. The number of benzene rings is 1. The SMILES string of the molecule is CSC1=NC=C(C(C)=O)CN1c1ccccc1. The van der Waals surface area contributed by atoms with E-state index in [0.29, 0.717) is 6.54 Å². The van der Waals surface area contributed by atoms with Crippen molar-refractivity contribution in [3.63, 3.8) is 0 Å². The molecule has 3 nitrogen and oxygen atoms in total. The van der Waals surface area contributed by atoms with E-state index in [1.54, 1.807) is 24.9 Å². The van der Waals surface area contributed by atoms with Crippen molar-refractivity contribution < 1.29 is 4.79 Å². The Kier molecular flexibility index (Phi) is 3.64. The molecule has 0 saturated carbocycles. The maximum absolute atomic E-state index is 11.4. The van der Waals surface area contributed by atoms with Crippen LogP contribution in [0.15, 0.2) is 47.1 Å². The Morgan fingerprint density at radius 3 is 2.65 bits per heavy atom. The molecule has 0 saturated heterocycles. The molecule has 0 amide bonds. The van der Waals surface area contributed by atoms with Crippen LogP contribution in [0.1, 0.15) is 6.92 Å². The molecule has 0 spiro atoms. The Hall–Kier alpha value is -1.55. The van der Waals surface area contributed by atoms with Gasteiger partial charge in [0.05, 0.1) is 6.54 Å². The third-order valence-electron chi connectivity index (χ3n) is 2.59. The van der Waals surface area contributed by atoms with Crippen LogP contribution in [0.3, 0.4) is 0 Å². The third-order valence-corrected chi connectivity index (χ3v) is 3.28. The number of carbonyl (C=O) groups excluding carboxylic acids is 1. The van der Waals surface area contributed by atoms with E-state index in [1.807, 2.05) is 36.6 Å².